The maximum atomic E-state index is 12.8. The molecule has 2 heterocycles. The molecule has 58 heavy (non-hydrogen) atoms. The van der Waals surface area contributed by atoms with Crippen molar-refractivity contribution in [3.63, 3.8) is 0 Å². The number of rotatable bonds is 23. The lowest BCUT2D eigenvalue weighted by atomic mass is 10.0. The molecule has 0 spiro atoms. The molecule has 0 unspecified atom stereocenters. The Kier molecular flexibility index (Phi) is 16.9. The number of nitrogens with one attached hydrogen (secondary N) is 1. The zero-order valence-electron chi connectivity index (χ0n) is 35.3. The number of anilines is 4. The monoisotopic (exact) mass is 841 g/mol. The number of amides is 1. The first-order valence-corrected chi connectivity index (χ1v) is 25.2. The Bertz CT molecular complexity index is 1930. The van der Waals surface area contributed by atoms with Gasteiger partial charge in [0.05, 0.1) is 22.7 Å². The molecule has 1 amide bonds. The van der Waals surface area contributed by atoms with Crippen LogP contribution in [0.5, 0.6) is 0 Å². The molecule has 0 fully saturated rings. The van der Waals surface area contributed by atoms with Crippen molar-refractivity contribution in [1.29, 1.82) is 0 Å². The largest absolute Gasteiger partial charge is 0.500 e. The molecule has 1 N–H and O–H groups in total. The van der Waals surface area contributed by atoms with Crippen LogP contribution in [0.25, 0.3) is 11.1 Å². The summed E-state index contributed by atoms with van der Waals surface area (Å²) in [6.07, 6.45) is 10.0. The van der Waals surface area contributed by atoms with Crippen LogP contribution >= 0.6 is 23.5 Å². The van der Waals surface area contributed by atoms with Gasteiger partial charge in [0.15, 0.2) is 0 Å². The first-order chi connectivity index (χ1) is 28.4. The highest BCUT2D eigenvalue weighted by Gasteiger charge is 2.39. The smallest absolute Gasteiger partial charge is 0.445 e. The molecule has 11 heteroatoms. The van der Waals surface area contributed by atoms with E-state index in [2.05, 4.69) is 108 Å². The van der Waals surface area contributed by atoms with Gasteiger partial charge in [0.1, 0.15) is 6.61 Å². The van der Waals surface area contributed by atoms with E-state index in [-0.39, 0.29) is 6.61 Å². The lowest BCUT2D eigenvalue weighted by Gasteiger charge is -2.34. The molecule has 0 saturated carbocycles. The van der Waals surface area contributed by atoms with Crippen LogP contribution < -0.4 is 15.1 Å². The van der Waals surface area contributed by atoms with Crippen LogP contribution in [-0.2, 0) is 24.6 Å². The lowest BCUT2D eigenvalue weighted by molar-refractivity contribution is 0.0706. The number of fused-ring (bicyclic) bond motifs is 4. The van der Waals surface area contributed by atoms with Crippen LogP contribution in [-0.4, -0.2) is 54.4 Å². The molecular formula is C47H63N3O5S2Si. The second kappa shape index (κ2) is 22.2. The van der Waals surface area contributed by atoms with Gasteiger partial charge in [-0.05, 0) is 105 Å². The SMILES string of the molecule is CCCCCCN1c2ccccc2Sc2cc(-c3ccc4c(c3)Sc3cc(COC(=O)NCCC[Si](OCC)(OCC)OCC)ccc3N4CCCCCC)ccc21. The van der Waals surface area contributed by atoms with Crippen LogP contribution in [0.2, 0.25) is 6.04 Å². The fourth-order valence-electron chi connectivity index (χ4n) is 7.78. The minimum absolute atomic E-state index is 0.199. The molecular weight excluding hydrogens is 779 g/mol. The first-order valence-electron chi connectivity index (χ1n) is 21.7. The number of para-hydroxylation sites is 1. The van der Waals surface area contributed by atoms with E-state index in [9.17, 15) is 4.79 Å². The van der Waals surface area contributed by atoms with Crippen LogP contribution in [0.4, 0.5) is 27.5 Å². The first kappa shape index (κ1) is 44.1. The Morgan fingerprint density at radius 2 is 1.10 bits per heavy atom. The Morgan fingerprint density at radius 3 is 1.67 bits per heavy atom. The van der Waals surface area contributed by atoms with Gasteiger partial charge in [-0.1, -0.05) is 106 Å². The highest BCUT2D eigenvalue weighted by Crippen LogP contribution is 2.52. The van der Waals surface area contributed by atoms with E-state index in [1.165, 1.54) is 98.4 Å². The molecule has 0 aliphatic carbocycles. The van der Waals surface area contributed by atoms with Gasteiger partial charge in [-0.3, -0.25) is 0 Å². The Labute approximate surface area is 357 Å². The van der Waals surface area contributed by atoms with E-state index in [0.717, 1.165) is 25.1 Å². The van der Waals surface area contributed by atoms with E-state index in [4.69, 9.17) is 18.0 Å². The van der Waals surface area contributed by atoms with Gasteiger partial charge in [0.25, 0.3) is 0 Å². The molecule has 6 rings (SSSR count). The minimum atomic E-state index is -2.75. The number of alkyl carbamates (subject to hydrolysis) is 1. The number of ether oxygens (including phenoxy) is 1. The van der Waals surface area contributed by atoms with Gasteiger partial charge in [0, 0.05) is 65.1 Å². The molecule has 0 aromatic heterocycles. The normalized spacial score (nSPS) is 13.1. The molecule has 0 saturated heterocycles. The van der Waals surface area contributed by atoms with Gasteiger partial charge >= 0.3 is 14.9 Å². The Hall–Kier alpha value is -3.45. The number of hydrogen-bond donors (Lipinski definition) is 1. The van der Waals surface area contributed by atoms with Crippen LogP contribution in [0, 0.1) is 0 Å². The summed E-state index contributed by atoms with van der Waals surface area (Å²) in [6, 6.07) is 29.9. The summed E-state index contributed by atoms with van der Waals surface area (Å²) in [7, 11) is -2.75. The fourth-order valence-corrected chi connectivity index (χ4v) is 12.7. The van der Waals surface area contributed by atoms with Gasteiger partial charge in [0.2, 0.25) is 0 Å². The fraction of sp³-hybridized carbons (Fsp3) is 0.468. The highest BCUT2D eigenvalue weighted by atomic mass is 32.2. The van der Waals surface area contributed by atoms with Gasteiger partial charge in [-0.15, -0.1) is 0 Å². The number of carbonyl (C=O) groups excluding carboxylic acids is 1. The van der Waals surface area contributed by atoms with Crippen molar-refractivity contribution < 1.29 is 22.8 Å². The second-order valence-electron chi connectivity index (χ2n) is 14.9. The van der Waals surface area contributed by atoms with E-state index >= 15 is 0 Å². The number of nitrogens with zero attached hydrogens (tertiary/aromatic N) is 2. The quantitative estimate of drug-likeness (QED) is 0.0580. The molecule has 2 aliphatic rings. The van der Waals surface area contributed by atoms with Crippen molar-refractivity contribution in [2.45, 2.75) is 125 Å². The van der Waals surface area contributed by atoms with Gasteiger partial charge in [-0.25, -0.2) is 4.79 Å². The maximum absolute atomic E-state index is 12.8. The minimum Gasteiger partial charge on any atom is -0.445 e. The van der Waals surface area contributed by atoms with Crippen LogP contribution in [0.3, 0.4) is 0 Å². The summed E-state index contributed by atoms with van der Waals surface area (Å²) >= 11 is 3.69. The summed E-state index contributed by atoms with van der Waals surface area (Å²) in [5.74, 6) is 0. The van der Waals surface area contributed by atoms with E-state index < -0.39 is 14.9 Å². The molecule has 4 aromatic rings. The zero-order valence-corrected chi connectivity index (χ0v) is 37.9. The number of benzene rings is 4. The second-order valence-corrected chi connectivity index (χ2v) is 19.8. The summed E-state index contributed by atoms with van der Waals surface area (Å²) in [5.41, 5.74) is 8.51. The molecule has 0 atom stereocenters. The topological polar surface area (TPSA) is 72.5 Å². The average Bonchev–Trinajstić information content (AvgIpc) is 3.23. The van der Waals surface area contributed by atoms with E-state index in [1.807, 2.05) is 44.3 Å². The Balaban J connectivity index is 1.16. The number of hydrogen-bond acceptors (Lipinski definition) is 9. The van der Waals surface area contributed by atoms with Crippen LogP contribution in [0.15, 0.2) is 98.4 Å². The Morgan fingerprint density at radius 1 is 0.586 bits per heavy atom. The molecule has 0 bridgehead atoms. The van der Waals surface area contributed by atoms with Crippen molar-refractivity contribution in [1.82, 2.24) is 5.32 Å². The maximum Gasteiger partial charge on any atom is 0.500 e. The van der Waals surface area contributed by atoms with Gasteiger partial charge < -0.3 is 33.1 Å². The van der Waals surface area contributed by atoms with Gasteiger partial charge in [-0.2, -0.15) is 0 Å². The number of carbonyl (C=O) groups is 1. The van der Waals surface area contributed by atoms with Crippen molar-refractivity contribution in [3.8, 4) is 11.1 Å². The predicted octanol–water partition coefficient (Wildman–Crippen LogP) is 13.4. The van der Waals surface area contributed by atoms with Crippen molar-refractivity contribution in [3.05, 3.63) is 84.4 Å². The zero-order chi connectivity index (χ0) is 40.7. The molecule has 312 valence electrons. The highest BCUT2D eigenvalue weighted by molar-refractivity contribution is 8.00. The third-order valence-electron chi connectivity index (χ3n) is 10.6. The molecule has 4 aromatic carbocycles. The standard InChI is InChI=1S/C47H63N3O5S2Si/c1-6-11-13-17-29-49-39-20-15-16-21-43(39)56-45-33-37(23-26-41(45)49)38-24-27-42-46(34-38)57-44-32-36(22-25-40(44)50(42)30-18-14-12-7-2)35-52-47(51)48-28-19-31-58(53-8-3,54-9-4)55-10-5/h15-16,20-27,32-34H,6-14,17-19,28-31,35H2,1-5H3,(H,48,51). The third-order valence-corrected chi connectivity index (χ3v) is 16.0. The van der Waals surface area contributed by atoms with E-state index in [0.29, 0.717) is 38.8 Å². The summed E-state index contributed by atoms with van der Waals surface area (Å²) < 4.78 is 23.6. The third kappa shape index (κ3) is 11.2. The molecule has 8 nitrogen and oxygen atoms in total. The van der Waals surface area contributed by atoms with Crippen molar-refractivity contribution in [2.75, 3.05) is 49.3 Å². The number of unbranched alkanes of at least 4 members (excludes halogenated alkanes) is 6. The van der Waals surface area contributed by atoms with Crippen molar-refractivity contribution >= 4 is 61.2 Å². The predicted molar refractivity (Wildman–Crippen MR) is 244 cm³/mol. The average molecular weight is 842 g/mol. The van der Waals surface area contributed by atoms with Crippen molar-refractivity contribution in [2.24, 2.45) is 0 Å². The van der Waals surface area contributed by atoms with Crippen LogP contribution in [0.1, 0.15) is 98.0 Å². The van der Waals surface area contributed by atoms with E-state index in [1.54, 1.807) is 0 Å². The molecule has 2 aliphatic heterocycles. The summed E-state index contributed by atoms with van der Waals surface area (Å²) in [5, 5.41) is 2.91. The summed E-state index contributed by atoms with van der Waals surface area (Å²) in [6.45, 7) is 14.6. The summed E-state index contributed by atoms with van der Waals surface area (Å²) in [4.78, 5) is 22.9. The molecule has 0 radical (unpaired) electrons. The lowest BCUT2D eigenvalue weighted by Crippen LogP contribution is -2.46.